The molecule has 0 fully saturated rings. The molecule has 2 nitrogen and oxygen atoms in total. The van der Waals surface area contributed by atoms with Crippen LogP contribution < -0.4 is 0 Å². The van der Waals surface area contributed by atoms with E-state index in [0.29, 0.717) is 6.42 Å². The number of carbonyl (C=O) groups excluding carboxylic acids is 1. The Morgan fingerprint density at radius 2 is 1.64 bits per heavy atom. The Bertz CT molecular complexity index is 112. The molecule has 0 saturated carbocycles. The van der Waals surface area contributed by atoms with E-state index in [1.54, 1.807) is 0 Å². The molecule has 0 bridgehead atoms. The third-order valence-corrected chi connectivity index (χ3v) is 1.55. The van der Waals surface area contributed by atoms with E-state index in [0.717, 1.165) is 0 Å². The van der Waals surface area contributed by atoms with E-state index in [4.69, 9.17) is 4.43 Å². The Morgan fingerprint density at radius 3 is 1.73 bits per heavy atom. The van der Waals surface area contributed by atoms with Crippen LogP contribution in [0.15, 0.2) is 0 Å². The monoisotopic (exact) mass is 192 g/mol. The van der Waals surface area contributed by atoms with Crippen molar-refractivity contribution in [1.82, 2.24) is 0 Å². The predicted molar refractivity (Wildman–Crippen MR) is 51.2 cm³/mol. The van der Waals surface area contributed by atoms with Crippen molar-refractivity contribution in [2.75, 3.05) is 0 Å². The molecule has 0 saturated heterocycles. The SMILES string of the molecule is CCC(=O)O[Si](C)(C)C.[Na].[Na]. The fourth-order valence-electron chi connectivity index (χ4n) is 0.414. The normalized spacial score (nSPS) is 9.09. The van der Waals surface area contributed by atoms with Gasteiger partial charge in [0.05, 0.1) is 0 Å². The molecule has 0 rings (SSSR count). The summed E-state index contributed by atoms with van der Waals surface area (Å²) >= 11 is 0. The zero-order chi connectivity index (χ0) is 7.49. The van der Waals surface area contributed by atoms with Crippen molar-refractivity contribution in [2.45, 2.75) is 33.0 Å². The molecule has 0 heterocycles. The molecule has 0 amide bonds. The molecule has 0 aliphatic rings. The minimum Gasteiger partial charge on any atom is -0.520 e. The van der Waals surface area contributed by atoms with Crippen molar-refractivity contribution in [3.63, 3.8) is 0 Å². The van der Waals surface area contributed by atoms with Gasteiger partial charge in [-0.1, -0.05) is 6.92 Å². The van der Waals surface area contributed by atoms with Gasteiger partial charge in [-0.2, -0.15) is 0 Å². The van der Waals surface area contributed by atoms with Crippen molar-refractivity contribution in [2.24, 2.45) is 0 Å². The standard InChI is InChI=1S/C6H14O2Si.2Na/c1-5-6(7)8-9(2,3)4;;/h5H2,1-4H3;;. The topological polar surface area (TPSA) is 26.3 Å². The molecule has 0 atom stereocenters. The average molecular weight is 192 g/mol. The maximum Gasteiger partial charge on any atom is 0.292 e. The minimum absolute atomic E-state index is 0. The second-order valence-electron chi connectivity index (χ2n) is 2.94. The van der Waals surface area contributed by atoms with Gasteiger partial charge in [0.15, 0.2) is 0 Å². The van der Waals surface area contributed by atoms with Crippen LogP contribution >= 0.6 is 0 Å². The summed E-state index contributed by atoms with van der Waals surface area (Å²) in [7, 11) is -1.59. The fourth-order valence-corrected chi connectivity index (χ4v) is 1.24. The Labute approximate surface area is 114 Å². The molecule has 56 valence electrons. The number of carbonyl (C=O) groups is 1. The Morgan fingerprint density at radius 1 is 1.27 bits per heavy atom. The van der Waals surface area contributed by atoms with Crippen LogP contribution in [-0.2, 0) is 9.22 Å². The molecular formula is C6H14Na2O2Si. The first-order valence-electron chi connectivity index (χ1n) is 3.17. The van der Waals surface area contributed by atoms with Crippen LogP contribution in [0.2, 0.25) is 19.6 Å². The Balaban J connectivity index is -0.000000320. The number of hydrogen-bond acceptors (Lipinski definition) is 2. The molecule has 5 heteroatoms. The van der Waals surface area contributed by atoms with Crippen LogP contribution in [0.4, 0.5) is 0 Å². The van der Waals surface area contributed by atoms with Crippen LogP contribution in [0, 0.1) is 0 Å². The van der Waals surface area contributed by atoms with Gasteiger partial charge in [-0.15, -0.1) is 0 Å². The summed E-state index contributed by atoms with van der Waals surface area (Å²) in [6, 6.07) is 0. The Kier molecular flexibility index (Phi) is 13.9. The van der Waals surface area contributed by atoms with Gasteiger partial charge >= 0.3 is 0 Å². The smallest absolute Gasteiger partial charge is 0.292 e. The molecule has 0 aromatic carbocycles. The maximum absolute atomic E-state index is 10.6. The summed E-state index contributed by atoms with van der Waals surface area (Å²) in [5, 5.41) is 0. The number of rotatable bonds is 2. The summed E-state index contributed by atoms with van der Waals surface area (Å²) in [5.41, 5.74) is 0. The van der Waals surface area contributed by atoms with Crippen LogP contribution in [0.3, 0.4) is 0 Å². The first-order chi connectivity index (χ1) is 3.95. The van der Waals surface area contributed by atoms with Crippen molar-refractivity contribution >= 4 is 73.4 Å². The van der Waals surface area contributed by atoms with E-state index < -0.39 is 8.32 Å². The van der Waals surface area contributed by atoms with Crippen molar-refractivity contribution in [3.05, 3.63) is 0 Å². The fraction of sp³-hybridized carbons (Fsp3) is 0.833. The molecule has 0 aromatic heterocycles. The van der Waals surface area contributed by atoms with E-state index in [9.17, 15) is 4.79 Å². The first kappa shape index (κ1) is 18.5. The van der Waals surface area contributed by atoms with E-state index >= 15 is 0 Å². The Hall–Kier alpha value is 1.69. The summed E-state index contributed by atoms with van der Waals surface area (Å²) in [5.74, 6) is -0.0748. The van der Waals surface area contributed by atoms with Crippen LogP contribution in [-0.4, -0.2) is 73.4 Å². The van der Waals surface area contributed by atoms with E-state index in [-0.39, 0.29) is 65.1 Å². The molecule has 0 unspecified atom stereocenters. The second-order valence-corrected chi connectivity index (χ2v) is 7.37. The van der Waals surface area contributed by atoms with Gasteiger partial charge in [0.2, 0.25) is 8.32 Å². The molecule has 0 N–H and O–H groups in total. The van der Waals surface area contributed by atoms with Gasteiger partial charge in [0.1, 0.15) is 0 Å². The molecule has 0 aliphatic heterocycles. The molecule has 2 radical (unpaired) electrons. The van der Waals surface area contributed by atoms with Crippen molar-refractivity contribution < 1.29 is 9.22 Å². The summed E-state index contributed by atoms with van der Waals surface area (Å²) in [4.78, 5) is 10.6. The second kappa shape index (κ2) is 8.29. The summed E-state index contributed by atoms with van der Waals surface area (Å²) < 4.78 is 5.09. The zero-order valence-electron chi connectivity index (χ0n) is 8.52. The van der Waals surface area contributed by atoms with Crippen LogP contribution in [0.25, 0.3) is 0 Å². The summed E-state index contributed by atoms with van der Waals surface area (Å²) in [6.45, 7) is 7.81. The molecule has 0 aromatic rings. The third kappa shape index (κ3) is 14.5. The first-order valence-corrected chi connectivity index (χ1v) is 6.58. The maximum atomic E-state index is 10.6. The quantitative estimate of drug-likeness (QED) is 0.610. The van der Waals surface area contributed by atoms with E-state index in [2.05, 4.69) is 0 Å². The minimum atomic E-state index is -1.59. The average Bonchev–Trinajstić information content (AvgIpc) is 1.62. The van der Waals surface area contributed by atoms with Gasteiger partial charge in [-0.3, -0.25) is 4.79 Å². The molecule has 0 aliphatic carbocycles. The van der Waals surface area contributed by atoms with Gasteiger partial charge in [-0.05, 0) is 19.6 Å². The van der Waals surface area contributed by atoms with Gasteiger partial charge in [0, 0.05) is 65.5 Å². The third-order valence-electron chi connectivity index (χ3n) is 0.709. The molecular weight excluding hydrogens is 178 g/mol. The molecule has 11 heavy (non-hydrogen) atoms. The largest absolute Gasteiger partial charge is 0.520 e. The van der Waals surface area contributed by atoms with Crippen molar-refractivity contribution in [3.8, 4) is 0 Å². The summed E-state index contributed by atoms with van der Waals surface area (Å²) in [6.07, 6.45) is 0.490. The predicted octanol–water partition coefficient (Wildman–Crippen LogP) is 1.01. The van der Waals surface area contributed by atoms with Crippen LogP contribution in [0.1, 0.15) is 13.3 Å². The van der Waals surface area contributed by atoms with Gasteiger partial charge in [-0.25, -0.2) is 0 Å². The van der Waals surface area contributed by atoms with Gasteiger partial charge in [0.25, 0.3) is 5.97 Å². The van der Waals surface area contributed by atoms with Crippen molar-refractivity contribution in [1.29, 1.82) is 0 Å². The van der Waals surface area contributed by atoms with E-state index in [1.165, 1.54) is 0 Å². The number of hydrogen-bond donors (Lipinski definition) is 0. The van der Waals surface area contributed by atoms with Gasteiger partial charge < -0.3 is 4.43 Å². The van der Waals surface area contributed by atoms with Crippen LogP contribution in [0.5, 0.6) is 0 Å². The molecule has 0 spiro atoms. The van der Waals surface area contributed by atoms with E-state index in [1.807, 2.05) is 26.6 Å². The zero-order valence-corrected chi connectivity index (χ0v) is 13.5.